The van der Waals surface area contributed by atoms with Crippen LogP contribution in [0.15, 0.2) is 36.7 Å². The van der Waals surface area contributed by atoms with Crippen molar-refractivity contribution >= 4 is 11.6 Å². The number of aromatic nitrogens is 2. The van der Waals surface area contributed by atoms with E-state index >= 15 is 0 Å². The van der Waals surface area contributed by atoms with Gasteiger partial charge in [0, 0.05) is 18.1 Å². The molecule has 0 radical (unpaired) electrons. The molecule has 1 amide bonds. The lowest BCUT2D eigenvalue weighted by Gasteiger charge is -2.16. The van der Waals surface area contributed by atoms with Crippen molar-refractivity contribution in [1.29, 1.82) is 0 Å². The van der Waals surface area contributed by atoms with Gasteiger partial charge in [0.2, 0.25) is 5.91 Å². The summed E-state index contributed by atoms with van der Waals surface area (Å²) in [5.74, 6) is 0.448. The van der Waals surface area contributed by atoms with Gasteiger partial charge in [0.25, 0.3) is 0 Å². The monoisotopic (exact) mass is 258 g/mol. The average molecular weight is 258 g/mol. The highest BCUT2D eigenvalue weighted by molar-refractivity contribution is 5.83. The molecule has 0 fully saturated rings. The quantitative estimate of drug-likeness (QED) is 0.733. The van der Waals surface area contributed by atoms with Gasteiger partial charge in [-0.1, -0.05) is 12.1 Å². The number of nitrogens with two attached hydrogens (primary N) is 1. The lowest BCUT2D eigenvalue weighted by atomic mass is 9.99. The smallest absolute Gasteiger partial charge is 0.227 e. The Morgan fingerprint density at radius 3 is 2.84 bits per heavy atom. The molecule has 2 rings (SSSR count). The fraction of sp³-hybridized carbons (Fsp3) is 0.286. The van der Waals surface area contributed by atoms with Crippen LogP contribution in [-0.2, 0) is 4.79 Å². The van der Waals surface area contributed by atoms with E-state index in [2.05, 4.69) is 15.3 Å². The molecule has 0 bridgehead atoms. The number of nitrogen functional groups attached to an aromatic ring is 1. The second kappa shape index (κ2) is 5.56. The van der Waals surface area contributed by atoms with Gasteiger partial charge >= 0.3 is 0 Å². The van der Waals surface area contributed by atoms with Gasteiger partial charge in [-0.25, -0.2) is 4.98 Å². The van der Waals surface area contributed by atoms with Crippen molar-refractivity contribution in [3.05, 3.63) is 48.0 Å². The largest absolute Gasteiger partial charge is 0.399 e. The molecule has 2 unspecified atom stereocenters. The number of carbonyl (C=O) groups is 1. The first-order valence-electron chi connectivity index (χ1n) is 6.23. The van der Waals surface area contributed by atoms with E-state index in [0.29, 0.717) is 5.69 Å². The number of nitrogens with zero attached hydrogens (tertiary/aromatic N) is 1. The van der Waals surface area contributed by atoms with Gasteiger partial charge in [-0.15, -0.1) is 0 Å². The topological polar surface area (TPSA) is 83.8 Å². The van der Waals surface area contributed by atoms with E-state index in [1.165, 1.54) is 0 Å². The van der Waals surface area contributed by atoms with E-state index in [1.807, 2.05) is 32.0 Å². The Morgan fingerprint density at radius 1 is 1.42 bits per heavy atom. The molecule has 1 aromatic carbocycles. The van der Waals surface area contributed by atoms with E-state index in [0.717, 1.165) is 11.4 Å². The molecule has 0 saturated heterocycles. The molecule has 2 atom stereocenters. The van der Waals surface area contributed by atoms with Crippen LogP contribution in [0.25, 0.3) is 0 Å². The maximum atomic E-state index is 12.2. The van der Waals surface area contributed by atoms with Crippen molar-refractivity contribution in [3.63, 3.8) is 0 Å². The van der Waals surface area contributed by atoms with Crippen LogP contribution in [0, 0.1) is 0 Å². The Bertz CT molecular complexity index is 550. The van der Waals surface area contributed by atoms with Crippen LogP contribution >= 0.6 is 0 Å². The molecule has 100 valence electrons. The molecular weight excluding hydrogens is 240 g/mol. The molecule has 0 saturated carbocycles. The predicted octanol–water partition coefficient (Wildman–Crippen LogP) is 1.97. The molecule has 4 N–H and O–H groups in total. The zero-order valence-electron chi connectivity index (χ0n) is 11.1. The summed E-state index contributed by atoms with van der Waals surface area (Å²) in [6, 6.07) is 7.23. The third kappa shape index (κ3) is 3.13. The Labute approximate surface area is 112 Å². The molecule has 0 aliphatic rings. The number of aromatic amines is 1. The van der Waals surface area contributed by atoms with Gasteiger partial charge in [-0.2, -0.15) is 0 Å². The second-order valence-corrected chi connectivity index (χ2v) is 4.60. The lowest BCUT2D eigenvalue weighted by molar-refractivity contribution is -0.122. The van der Waals surface area contributed by atoms with Crippen LogP contribution in [0.4, 0.5) is 5.69 Å². The summed E-state index contributed by atoms with van der Waals surface area (Å²) < 4.78 is 0. The minimum absolute atomic E-state index is 0.0468. The van der Waals surface area contributed by atoms with Crippen LogP contribution in [-0.4, -0.2) is 15.9 Å². The van der Waals surface area contributed by atoms with Gasteiger partial charge in [-0.3, -0.25) is 4.79 Å². The predicted molar refractivity (Wildman–Crippen MR) is 74.4 cm³/mol. The third-order valence-corrected chi connectivity index (χ3v) is 3.09. The summed E-state index contributed by atoms with van der Waals surface area (Å²) in [6.07, 6.45) is 3.40. The standard InChI is InChI=1S/C14H18N4O/c1-9(11-4-3-5-12(15)8-11)14(19)18-10(2)13-16-6-7-17-13/h3-10H,15H2,1-2H3,(H,16,17)(H,18,19). The Hall–Kier alpha value is -2.30. The first-order valence-corrected chi connectivity index (χ1v) is 6.23. The van der Waals surface area contributed by atoms with E-state index in [4.69, 9.17) is 5.73 Å². The molecule has 5 heteroatoms. The molecule has 19 heavy (non-hydrogen) atoms. The third-order valence-electron chi connectivity index (χ3n) is 3.09. The molecule has 1 aromatic heterocycles. The van der Waals surface area contributed by atoms with E-state index in [1.54, 1.807) is 18.5 Å². The number of nitrogens with one attached hydrogen (secondary N) is 2. The fourth-order valence-corrected chi connectivity index (χ4v) is 1.90. The zero-order chi connectivity index (χ0) is 13.8. The molecule has 0 aliphatic carbocycles. The summed E-state index contributed by atoms with van der Waals surface area (Å²) in [7, 11) is 0. The van der Waals surface area contributed by atoms with Crippen molar-refractivity contribution in [2.24, 2.45) is 0 Å². The highest BCUT2D eigenvalue weighted by Crippen LogP contribution is 2.19. The van der Waals surface area contributed by atoms with Crippen LogP contribution < -0.4 is 11.1 Å². The number of hydrogen-bond acceptors (Lipinski definition) is 3. The summed E-state index contributed by atoms with van der Waals surface area (Å²) in [4.78, 5) is 19.3. The number of rotatable bonds is 4. The summed E-state index contributed by atoms with van der Waals surface area (Å²) in [6.45, 7) is 3.75. The minimum atomic E-state index is -0.249. The molecule has 1 heterocycles. The maximum absolute atomic E-state index is 12.2. The number of carbonyl (C=O) groups excluding carboxylic acids is 1. The Kier molecular flexibility index (Phi) is 3.85. The molecule has 2 aromatic rings. The van der Waals surface area contributed by atoms with Crippen LogP contribution in [0.3, 0.4) is 0 Å². The van der Waals surface area contributed by atoms with Crippen molar-refractivity contribution in [1.82, 2.24) is 15.3 Å². The molecular formula is C14H18N4O. The van der Waals surface area contributed by atoms with Crippen LogP contribution in [0.5, 0.6) is 0 Å². The highest BCUT2D eigenvalue weighted by Gasteiger charge is 2.18. The maximum Gasteiger partial charge on any atom is 0.227 e. The zero-order valence-corrected chi connectivity index (χ0v) is 11.1. The summed E-state index contributed by atoms with van der Waals surface area (Å²) >= 11 is 0. The van der Waals surface area contributed by atoms with Crippen molar-refractivity contribution in [3.8, 4) is 0 Å². The van der Waals surface area contributed by atoms with Crippen molar-refractivity contribution in [2.75, 3.05) is 5.73 Å². The Balaban J connectivity index is 2.04. The van der Waals surface area contributed by atoms with E-state index in [-0.39, 0.29) is 17.9 Å². The number of H-pyrrole nitrogens is 1. The first-order chi connectivity index (χ1) is 9.08. The minimum Gasteiger partial charge on any atom is -0.399 e. The van der Waals surface area contributed by atoms with Crippen LogP contribution in [0.2, 0.25) is 0 Å². The van der Waals surface area contributed by atoms with Gasteiger partial charge in [0.05, 0.1) is 12.0 Å². The molecule has 0 aliphatic heterocycles. The molecule has 0 spiro atoms. The summed E-state index contributed by atoms with van der Waals surface area (Å²) in [5, 5.41) is 2.93. The van der Waals surface area contributed by atoms with Gasteiger partial charge < -0.3 is 16.0 Å². The van der Waals surface area contributed by atoms with Crippen LogP contribution in [0.1, 0.15) is 37.2 Å². The number of benzene rings is 1. The average Bonchev–Trinajstić information content (AvgIpc) is 2.91. The highest BCUT2D eigenvalue weighted by atomic mass is 16.1. The lowest BCUT2D eigenvalue weighted by Crippen LogP contribution is -2.31. The summed E-state index contributed by atoms with van der Waals surface area (Å²) in [5.41, 5.74) is 7.30. The normalized spacial score (nSPS) is 13.8. The number of amides is 1. The first kappa shape index (κ1) is 13.1. The van der Waals surface area contributed by atoms with Crippen molar-refractivity contribution < 1.29 is 4.79 Å². The Morgan fingerprint density at radius 2 is 2.21 bits per heavy atom. The SMILES string of the molecule is CC(NC(=O)C(C)c1cccc(N)c1)c1ncc[nH]1. The number of hydrogen-bond donors (Lipinski definition) is 3. The fourth-order valence-electron chi connectivity index (χ4n) is 1.90. The van der Waals surface area contributed by atoms with Gasteiger partial charge in [0.15, 0.2) is 0 Å². The molecule has 5 nitrogen and oxygen atoms in total. The van der Waals surface area contributed by atoms with E-state index in [9.17, 15) is 4.79 Å². The van der Waals surface area contributed by atoms with E-state index < -0.39 is 0 Å². The second-order valence-electron chi connectivity index (χ2n) is 4.60. The van der Waals surface area contributed by atoms with Gasteiger partial charge in [-0.05, 0) is 31.5 Å². The van der Waals surface area contributed by atoms with Gasteiger partial charge in [0.1, 0.15) is 5.82 Å². The number of imidazole rings is 1. The number of anilines is 1. The van der Waals surface area contributed by atoms with Crippen molar-refractivity contribution in [2.45, 2.75) is 25.8 Å².